The lowest BCUT2D eigenvalue weighted by Crippen LogP contribution is -2.42. The summed E-state index contributed by atoms with van der Waals surface area (Å²) in [5.74, 6) is 1.61. The van der Waals surface area contributed by atoms with Crippen molar-refractivity contribution in [1.82, 2.24) is 10.3 Å². The first-order chi connectivity index (χ1) is 8.18. The van der Waals surface area contributed by atoms with Crippen molar-refractivity contribution >= 4 is 0 Å². The number of hydrogen-bond donors (Lipinski definition) is 1. The van der Waals surface area contributed by atoms with Crippen LogP contribution in [0.25, 0.3) is 0 Å². The number of hydrogen-bond acceptors (Lipinski definition) is 2. The van der Waals surface area contributed by atoms with Crippen LogP contribution in [-0.4, -0.2) is 11.0 Å². The van der Waals surface area contributed by atoms with Gasteiger partial charge in [0.2, 0.25) is 0 Å². The predicted molar refractivity (Wildman–Crippen MR) is 71.8 cm³/mol. The molecule has 17 heavy (non-hydrogen) atoms. The van der Waals surface area contributed by atoms with Gasteiger partial charge in [-0.1, -0.05) is 20.3 Å². The second kappa shape index (κ2) is 5.63. The summed E-state index contributed by atoms with van der Waals surface area (Å²) in [6.45, 7) is 7.88. The molecule has 2 rings (SSSR count). The van der Waals surface area contributed by atoms with Crippen LogP contribution in [-0.2, 0) is 6.54 Å². The van der Waals surface area contributed by atoms with Crippen molar-refractivity contribution in [3.8, 4) is 0 Å². The third kappa shape index (κ3) is 3.06. The maximum atomic E-state index is 4.14. The maximum absolute atomic E-state index is 4.14. The highest BCUT2D eigenvalue weighted by Crippen LogP contribution is 2.29. The van der Waals surface area contributed by atoms with Crippen LogP contribution in [0.5, 0.6) is 0 Å². The first-order valence-corrected chi connectivity index (χ1v) is 6.81. The lowest BCUT2D eigenvalue weighted by molar-refractivity contribution is 0.207. The van der Waals surface area contributed by atoms with E-state index in [2.05, 4.69) is 37.1 Å². The van der Waals surface area contributed by atoms with Gasteiger partial charge in [0.1, 0.15) is 0 Å². The summed E-state index contributed by atoms with van der Waals surface area (Å²) in [5.41, 5.74) is 2.67. The Labute approximate surface area is 105 Å². The summed E-state index contributed by atoms with van der Waals surface area (Å²) < 4.78 is 0. The van der Waals surface area contributed by atoms with Gasteiger partial charge in [-0.25, -0.2) is 0 Å². The molecule has 1 N–H and O–H groups in total. The minimum absolute atomic E-state index is 0.677. The Hall–Kier alpha value is -0.890. The van der Waals surface area contributed by atoms with Crippen LogP contribution < -0.4 is 5.32 Å². The standard InChI is InChI=1S/C15H24N2/c1-11-5-4-6-12(2)15(11)17-10-14-7-8-16-9-13(14)3/h7-9,11-12,15,17H,4-6,10H2,1-3H3. The topological polar surface area (TPSA) is 24.9 Å². The molecule has 1 saturated carbocycles. The zero-order valence-electron chi connectivity index (χ0n) is 11.2. The van der Waals surface area contributed by atoms with Gasteiger partial charge in [-0.05, 0) is 48.8 Å². The fourth-order valence-corrected chi connectivity index (χ4v) is 3.01. The normalized spacial score (nSPS) is 29.2. The van der Waals surface area contributed by atoms with Crippen LogP contribution in [0, 0.1) is 18.8 Å². The van der Waals surface area contributed by atoms with Crippen LogP contribution in [0.3, 0.4) is 0 Å². The molecule has 0 aromatic carbocycles. The molecule has 1 aromatic heterocycles. The fourth-order valence-electron chi connectivity index (χ4n) is 3.01. The van der Waals surface area contributed by atoms with E-state index in [9.17, 15) is 0 Å². The summed E-state index contributed by atoms with van der Waals surface area (Å²) in [6, 6.07) is 2.80. The molecule has 0 saturated heterocycles. The summed E-state index contributed by atoms with van der Waals surface area (Å²) in [7, 11) is 0. The Morgan fingerprint density at radius 1 is 1.29 bits per heavy atom. The lowest BCUT2D eigenvalue weighted by Gasteiger charge is -2.35. The van der Waals surface area contributed by atoms with Crippen molar-refractivity contribution in [3.63, 3.8) is 0 Å². The molecule has 2 atom stereocenters. The third-order valence-electron chi connectivity index (χ3n) is 4.21. The molecule has 0 spiro atoms. The van der Waals surface area contributed by atoms with E-state index < -0.39 is 0 Å². The number of nitrogens with one attached hydrogen (secondary N) is 1. The zero-order chi connectivity index (χ0) is 12.3. The van der Waals surface area contributed by atoms with Crippen molar-refractivity contribution < 1.29 is 0 Å². The second-order valence-corrected chi connectivity index (χ2v) is 5.59. The van der Waals surface area contributed by atoms with Gasteiger partial charge in [0, 0.05) is 25.0 Å². The molecule has 0 radical (unpaired) electrons. The molecule has 1 heterocycles. The Kier molecular flexibility index (Phi) is 4.16. The highest BCUT2D eigenvalue weighted by Gasteiger charge is 2.26. The van der Waals surface area contributed by atoms with Crippen molar-refractivity contribution in [2.45, 2.75) is 52.6 Å². The number of aryl methyl sites for hydroxylation is 1. The molecular formula is C15H24N2. The highest BCUT2D eigenvalue weighted by molar-refractivity contribution is 5.21. The summed E-state index contributed by atoms with van der Waals surface area (Å²) in [4.78, 5) is 4.14. The van der Waals surface area contributed by atoms with Crippen LogP contribution in [0.1, 0.15) is 44.2 Å². The molecule has 2 heteroatoms. The Bertz CT molecular complexity index is 352. The van der Waals surface area contributed by atoms with Crippen LogP contribution >= 0.6 is 0 Å². The smallest absolute Gasteiger partial charge is 0.0300 e. The van der Waals surface area contributed by atoms with Gasteiger partial charge in [-0.3, -0.25) is 4.98 Å². The van der Waals surface area contributed by atoms with Crippen molar-refractivity contribution in [3.05, 3.63) is 29.6 Å². The molecule has 2 nitrogen and oxygen atoms in total. The lowest BCUT2D eigenvalue weighted by atomic mass is 9.78. The van der Waals surface area contributed by atoms with Gasteiger partial charge in [0.25, 0.3) is 0 Å². The van der Waals surface area contributed by atoms with E-state index in [-0.39, 0.29) is 0 Å². The summed E-state index contributed by atoms with van der Waals surface area (Å²) in [5, 5.41) is 3.75. The minimum atomic E-state index is 0.677. The predicted octanol–water partition coefficient (Wildman–Crippen LogP) is 3.30. The van der Waals surface area contributed by atoms with Gasteiger partial charge in [0.15, 0.2) is 0 Å². The number of nitrogens with zero attached hydrogens (tertiary/aromatic N) is 1. The number of rotatable bonds is 3. The van der Waals surface area contributed by atoms with E-state index in [0.29, 0.717) is 6.04 Å². The molecule has 1 fully saturated rings. The number of aromatic nitrogens is 1. The Morgan fingerprint density at radius 2 is 2.00 bits per heavy atom. The van der Waals surface area contributed by atoms with Gasteiger partial charge >= 0.3 is 0 Å². The van der Waals surface area contributed by atoms with Crippen molar-refractivity contribution in [2.75, 3.05) is 0 Å². The first kappa shape index (κ1) is 12.6. The van der Waals surface area contributed by atoms with Crippen LogP contribution in [0.2, 0.25) is 0 Å². The average molecular weight is 232 g/mol. The van der Waals surface area contributed by atoms with Gasteiger partial charge in [-0.15, -0.1) is 0 Å². The van der Waals surface area contributed by atoms with E-state index in [4.69, 9.17) is 0 Å². The highest BCUT2D eigenvalue weighted by atomic mass is 14.9. The zero-order valence-corrected chi connectivity index (χ0v) is 11.2. The molecule has 94 valence electrons. The molecular weight excluding hydrogens is 208 g/mol. The average Bonchev–Trinajstić information content (AvgIpc) is 2.30. The van der Waals surface area contributed by atoms with Crippen molar-refractivity contribution in [2.24, 2.45) is 11.8 Å². The van der Waals surface area contributed by atoms with E-state index in [1.54, 1.807) is 0 Å². The molecule has 1 aliphatic rings. The molecule has 2 unspecified atom stereocenters. The van der Waals surface area contributed by atoms with Gasteiger partial charge < -0.3 is 5.32 Å². The number of pyridine rings is 1. The Morgan fingerprint density at radius 3 is 2.65 bits per heavy atom. The van der Waals surface area contributed by atoms with Crippen LogP contribution in [0.15, 0.2) is 18.5 Å². The van der Waals surface area contributed by atoms with Crippen LogP contribution in [0.4, 0.5) is 0 Å². The second-order valence-electron chi connectivity index (χ2n) is 5.59. The van der Waals surface area contributed by atoms with Gasteiger partial charge in [-0.2, -0.15) is 0 Å². The molecule has 1 aromatic rings. The maximum Gasteiger partial charge on any atom is 0.0300 e. The quantitative estimate of drug-likeness (QED) is 0.865. The van der Waals surface area contributed by atoms with E-state index in [1.165, 1.54) is 30.4 Å². The fraction of sp³-hybridized carbons (Fsp3) is 0.667. The van der Waals surface area contributed by atoms with Gasteiger partial charge in [0.05, 0.1) is 0 Å². The molecule has 0 aliphatic heterocycles. The van der Waals surface area contributed by atoms with E-state index in [0.717, 1.165) is 18.4 Å². The SMILES string of the molecule is Cc1cnccc1CNC1C(C)CCCC1C. The van der Waals surface area contributed by atoms with E-state index in [1.807, 2.05) is 12.4 Å². The molecule has 0 bridgehead atoms. The van der Waals surface area contributed by atoms with E-state index >= 15 is 0 Å². The summed E-state index contributed by atoms with van der Waals surface area (Å²) >= 11 is 0. The third-order valence-corrected chi connectivity index (χ3v) is 4.21. The molecule has 0 amide bonds. The Balaban J connectivity index is 1.95. The minimum Gasteiger partial charge on any atom is -0.309 e. The molecule has 1 aliphatic carbocycles. The monoisotopic (exact) mass is 232 g/mol. The largest absolute Gasteiger partial charge is 0.309 e. The first-order valence-electron chi connectivity index (χ1n) is 6.81. The van der Waals surface area contributed by atoms with Crippen molar-refractivity contribution in [1.29, 1.82) is 0 Å². The summed E-state index contributed by atoms with van der Waals surface area (Å²) in [6.07, 6.45) is 7.98.